The zero-order valence-corrected chi connectivity index (χ0v) is 23.8. The molecule has 4 heterocycles. The lowest BCUT2D eigenvalue weighted by atomic mass is 10.1. The molecule has 202 valence electrons. The summed E-state index contributed by atoms with van der Waals surface area (Å²) in [5, 5.41) is 22.8. The Morgan fingerprint density at radius 2 is 1.83 bits per heavy atom. The summed E-state index contributed by atoms with van der Waals surface area (Å²) in [6.45, 7) is 3.96. The van der Waals surface area contributed by atoms with Crippen LogP contribution in [-0.2, 0) is 29.3 Å². The Labute approximate surface area is 245 Å². The van der Waals surface area contributed by atoms with Gasteiger partial charge in [-0.3, -0.25) is 4.98 Å². The third-order valence-corrected chi connectivity index (χ3v) is 9.32. The van der Waals surface area contributed by atoms with Gasteiger partial charge < -0.3 is 14.4 Å². The first-order chi connectivity index (χ1) is 20.1. The second-order valence-corrected chi connectivity index (χ2v) is 11.5. The third-order valence-electron chi connectivity index (χ3n) is 6.96. The number of hydrogen-bond acceptors (Lipinski definition) is 6. The largest absolute Gasteiger partial charge is 0.477 e. The highest BCUT2D eigenvalue weighted by Gasteiger charge is 2.17. The molecule has 0 aliphatic rings. The van der Waals surface area contributed by atoms with Gasteiger partial charge in [0.05, 0.1) is 18.1 Å². The number of aliphatic carboxylic acids is 1. The molecule has 2 aromatic carbocycles. The highest BCUT2D eigenvalue weighted by molar-refractivity contribution is 7.23. The number of para-hydroxylation sites is 1. The van der Waals surface area contributed by atoms with Gasteiger partial charge >= 0.3 is 5.97 Å². The number of aryl methyl sites for hydroxylation is 1. The van der Waals surface area contributed by atoms with Crippen molar-refractivity contribution in [2.24, 2.45) is 0 Å². The van der Waals surface area contributed by atoms with Crippen LogP contribution in [0.4, 0.5) is 0 Å². The average Bonchev–Trinajstić information content (AvgIpc) is 3.71. The van der Waals surface area contributed by atoms with E-state index in [0.717, 1.165) is 37.9 Å². The molecular formula is C33H25N3O3S2. The first-order valence-electron chi connectivity index (χ1n) is 13.1. The highest BCUT2D eigenvalue weighted by atomic mass is 32.1. The average molecular weight is 576 g/mol. The molecule has 6 aromatic rings. The van der Waals surface area contributed by atoms with Crippen molar-refractivity contribution >= 4 is 56.5 Å². The first-order valence-corrected chi connectivity index (χ1v) is 14.8. The van der Waals surface area contributed by atoms with Crippen molar-refractivity contribution in [2.75, 3.05) is 0 Å². The normalized spacial score (nSPS) is 11.8. The summed E-state index contributed by atoms with van der Waals surface area (Å²) in [5.41, 5.74) is 6.10. The quantitative estimate of drug-likeness (QED) is 0.138. The summed E-state index contributed by atoms with van der Waals surface area (Å²) in [5.74, 6) is -1.23. The number of fused-ring (bicyclic) bond motifs is 3. The molecule has 4 aromatic heterocycles. The SMILES string of the molecule is CCn1c2ccccc2c2cc(-c3cc(COCc4ccncc4)c(-c4cc(/C=C(\C#N)C(=O)O)cs4)s3)ccc21. The van der Waals surface area contributed by atoms with E-state index in [1.807, 2.05) is 23.6 Å². The van der Waals surface area contributed by atoms with Gasteiger partial charge in [-0.25, -0.2) is 4.79 Å². The molecule has 0 radical (unpaired) electrons. The molecule has 0 unspecified atom stereocenters. The molecule has 0 saturated heterocycles. The molecule has 6 rings (SSSR count). The maximum Gasteiger partial charge on any atom is 0.346 e. The zero-order valence-electron chi connectivity index (χ0n) is 22.2. The van der Waals surface area contributed by atoms with Gasteiger partial charge in [0.25, 0.3) is 0 Å². The minimum absolute atomic E-state index is 0.290. The van der Waals surface area contributed by atoms with E-state index in [0.29, 0.717) is 18.8 Å². The van der Waals surface area contributed by atoms with Crippen LogP contribution >= 0.6 is 22.7 Å². The van der Waals surface area contributed by atoms with Gasteiger partial charge in [-0.15, -0.1) is 22.7 Å². The van der Waals surface area contributed by atoms with Crippen molar-refractivity contribution in [1.82, 2.24) is 9.55 Å². The molecule has 0 fully saturated rings. The molecular weight excluding hydrogens is 551 g/mol. The summed E-state index contributed by atoms with van der Waals surface area (Å²) in [6.07, 6.45) is 4.92. The lowest BCUT2D eigenvalue weighted by Gasteiger charge is -2.05. The number of rotatable bonds is 9. The number of nitriles is 1. The predicted molar refractivity (Wildman–Crippen MR) is 166 cm³/mol. The smallest absolute Gasteiger partial charge is 0.346 e. The molecule has 0 amide bonds. The summed E-state index contributed by atoms with van der Waals surface area (Å²) >= 11 is 3.22. The van der Waals surface area contributed by atoms with Crippen LogP contribution in [0.1, 0.15) is 23.6 Å². The Bertz CT molecular complexity index is 1960. The number of carbonyl (C=O) groups is 1. The Kier molecular flexibility index (Phi) is 7.49. The van der Waals surface area contributed by atoms with Crippen molar-refractivity contribution in [1.29, 1.82) is 5.26 Å². The van der Waals surface area contributed by atoms with Crippen LogP contribution in [0.2, 0.25) is 0 Å². The van der Waals surface area contributed by atoms with Crippen LogP contribution < -0.4 is 0 Å². The van der Waals surface area contributed by atoms with Crippen LogP contribution in [0, 0.1) is 11.3 Å². The van der Waals surface area contributed by atoms with E-state index < -0.39 is 5.97 Å². The number of carboxylic acids is 1. The second kappa shape index (κ2) is 11.5. The fourth-order valence-electron chi connectivity index (χ4n) is 5.05. The Morgan fingerprint density at radius 3 is 2.61 bits per heavy atom. The maximum absolute atomic E-state index is 11.3. The monoisotopic (exact) mass is 575 g/mol. The van der Waals surface area contributed by atoms with Gasteiger partial charge in [-0.1, -0.05) is 24.3 Å². The zero-order chi connectivity index (χ0) is 28.3. The number of carboxylic acid groups (broad SMARTS) is 1. The number of ether oxygens (including phenoxy) is 1. The standard InChI is InChI=1S/C33H25N3O3S2/c1-2-36-28-6-4-3-5-26(28)27-15-23(7-8-29(27)36)30-16-25(19-39-18-21-9-11-35-12-10-21)32(41-30)31-14-22(20-40-31)13-24(17-34)33(37)38/h3-16,20H,2,18-19H2,1H3,(H,37,38)/b24-13+. The van der Waals surface area contributed by atoms with Crippen LogP contribution in [0.3, 0.4) is 0 Å². The molecule has 0 spiro atoms. The molecule has 0 aliphatic carbocycles. The summed E-state index contributed by atoms with van der Waals surface area (Å²) in [6, 6.07) is 24.9. The van der Waals surface area contributed by atoms with Gasteiger partial charge in [0.15, 0.2) is 0 Å². The molecule has 0 bridgehead atoms. The first kappa shape index (κ1) is 26.7. The molecule has 1 N–H and O–H groups in total. The van der Waals surface area contributed by atoms with E-state index >= 15 is 0 Å². The predicted octanol–water partition coefficient (Wildman–Crippen LogP) is 8.37. The van der Waals surface area contributed by atoms with Gasteiger partial charge in [-0.2, -0.15) is 5.26 Å². The molecule has 8 heteroatoms. The van der Waals surface area contributed by atoms with Gasteiger partial charge in [0.1, 0.15) is 11.6 Å². The Balaban J connectivity index is 1.40. The second-order valence-electron chi connectivity index (χ2n) is 9.53. The Morgan fingerprint density at radius 1 is 1.02 bits per heavy atom. The van der Waals surface area contributed by atoms with Crippen molar-refractivity contribution in [3.8, 4) is 26.3 Å². The fourth-order valence-corrected chi connectivity index (χ4v) is 7.23. The van der Waals surface area contributed by atoms with Crippen molar-refractivity contribution in [2.45, 2.75) is 26.7 Å². The lowest BCUT2D eigenvalue weighted by molar-refractivity contribution is -0.132. The van der Waals surface area contributed by atoms with Crippen LogP contribution in [0.5, 0.6) is 0 Å². The fraction of sp³-hybridized carbons (Fsp3) is 0.121. The number of pyridine rings is 1. The molecule has 0 saturated carbocycles. The molecule has 6 nitrogen and oxygen atoms in total. The third kappa shape index (κ3) is 5.31. The van der Waals surface area contributed by atoms with Gasteiger partial charge in [-0.05, 0) is 83.1 Å². The summed E-state index contributed by atoms with van der Waals surface area (Å²) in [4.78, 5) is 18.6. The summed E-state index contributed by atoms with van der Waals surface area (Å²) in [7, 11) is 0. The van der Waals surface area contributed by atoms with Crippen molar-refractivity contribution < 1.29 is 14.6 Å². The minimum atomic E-state index is -1.23. The molecule has 0 atom stereocenters. The van der Waals surface area contributed by atoms with Crippen LogP contribution in [-0.4, -0.2) is 20.6 Å². The maximum atomic E-state index is 11.3. The lowest BCUT2D eigenvalue weighted by Crippen LogP contribution is -1.96. The van der Waals surface area contributed by atoms with Crippen LogP contribution in [0.25, 0.3) is 48.1 Å². The molecule has 0 aliphatic heterocycles. The Hall–Kier alpha value is -4.55. The number of thiophene rings is 2. The van der Waals surface area contributed by atoms with Gasteiger partial charge in [0.2, 0.25) is 0 Å². The van der Waals surface area contributed by atoms with Crippen molar-refractivity contribution in [3.05, 3.63) is 107 Å². The number of benzene rings is 2. The van der Waals surface area contributed by atoms with E-state index in [1.165, 1.54) is 39.2 Å². The number of nitrogens with zero attached hydrogens (tertiary/aromatic N) is 3. The molecule has 41 heavy (non-hydrogen) atoms. The number of aromatic nitrogens is 2. The van der Waals surface area contributed by atoms with Crippen LogP contribution in [0.15, 0.2) is 90.1 Å². The van der Waals surface area contributed by atoms with E-state index in [2.05, 4.69) is 65.0 Å². The van der Waals surface area contributed by atoms with E-state index in [4.69, 9.17) is 4.74 Å². The highest BCUT2D eigenvalue weighted by Crippen LogP contribution is 2.43. The van der Waals surface area contributed by atoms with E-state index in [9.17, 15) is 15.2 Å². The summed E-state index contributed by atoms with van der Waals surface area (Å²) < 4.78 is 8.48. The van der Waals surface area contributed by atoms with E-state index in [1.54, 1.807) is 29.8 Å². The minimum Gasteiger partial charge on any atom is -0.477 e. The van der Waals surface area contributed by atoms with Gasteiger partial charge in [0, 0.05) is 50.5 Å². The van der Waals surface area contributed by atoms with Crippen molar-refractivity contribution in [3.63, 3.8) is 0 Å². The topological polar surface area (TPSA) is 88.1 Å². The number of hydrogen-bond donors (Lipinski definition) is 1. The van der Waals surface area contributed by atoms with E-state index in [-0.39, 0.29) is 5.57 Å².